The lowest BCUT2D eigenvalue weighted by atomic mass is 10.0. The smallest absolute Gasteiger partial charge is 0.166 e. The van der Waals surface area contributed by atoms with Gasteiger partial charge in [-0.1, -0.05) is 11.6 Å². The van der Waals surface area contributed by atoms with E-state index in [0.717, 1.165) is 5.56 Å². The van der Waals surface area contributed by atoms with E-state index in [0.29, 0.717) is 29.2 Å². The van der Waals surface area contributed by atoms with E-state index >= 15 is 0 Å². The minimum absolute atomic E-state index is 0.0183. The first-order valence-corrected chi connectivity index (χ1v) is 5.96. The van der Waals surface area contributed by atoms with Crippen molar-refractivity contribution in [3.8, 4) is 5.75 Å². The summed E-state index contributed by atoms with van der Waals surface area (Å²) in [5.74, 6) is 0.619. The van der Waals surface area contributed by atoms with Gasteiger partial charge in [0.25, 0.3) is 0 Å². The van der Waals surface area contributed by atoms with Crippen LogP contribution >= 0.6 is 11.6 Å². The Kier molecular flexibility index (Phi) is 4.97. The van der Waals surface area contributed by atoms with Gasteiger partial charge in [-0.05, 0) is 38.0 Å². The van der Waals surface area contributed by atoms with Crippen molar-refractivity contribution in [1.82, 2.24) is 0 Å². The van der Waals surface area contributed by atoms with E-state index in [4.69, 9.17) is 22.1 Å². The molecule has 1 rings (SSSR count). The molecule has 1 aromatic rings. The van der Waals surface area contributed by atoms with E-state index in [2.05, 4.69) is 0 Å². The van der Waals surface area contributed by atoms with E-state index in [9.17, 15) is 4.79 Å². The topological polar surface area (TPSA) is 52.3 Å². The van der Waals surface area contributed by atoms with Crippen LogP contribution in [0.3, 0.4) is 0 Å². The molecule has 0 aliphatic heterocycles. The van der Waals surface area contributed by atoms with E-state index in [1.54, 1.807) is 19.2 Å². The molecule has 0 spiro atoms. The zero-order valence-electron chi connectivity index (χ0n) is 10.4. The van der Waals surface area contributed by atoms with Crippen LogP contribution in [0.15, 0.2) is 12.1 Å². The Morgan fingerprint density at radius 1 is 1.53 bits per heavy atom. The number of hydrogen-bond acceptors (Lipinski definition) is 3. The van der Waals surface area contributed by atoms with Gasteiger partial charge in [0.15, 0.2) is 5.78 Å². The molecule has 1 unspecified atom stereocenters. The van der Waals surface area contributed by atoms with Crippen molar-refractivity contribution in [3.63, 3.8) is 0 Å². The number of nitrogens with two attached hydrogens (primary N) is 1. The molecule has 0 aliphatic carbocycles. The number of methoxy groups -OCH3 is 1. The number of ketones is 1. The van der Waals surface area contributed by atoms with Gasteiger partial charge in [-0.2, -0.15) is 0 Å². The van der Waals surface area contributed by atoms with Crippen molar-refractivity contribution >= 4 is 17.4 Å². The molecule has 0 saturated heterocycles. The molecule has 0 radical (unpaired) electrons. The number of benzene rings is 1. The minimum Gasteiger partial charge on any atom is -0.496 e. The van der Waals surface area contributed by atoms with Crippen molar-refractivity contribution in [2.24, 2.45) is 5.73 Å². The number of ether oxygens (including phenoxy) is 1. The predicted octanol–water partition coefficient (Wildman–Crippen LogP) is 2.97. The molecule has 0 aromatic heterocycles. The molecule has 17 heavy (non-hydrogen) atoms. The highest BCUT2D eigenvalue weighted by molar-refractivity contribution is 6.31. The molecular formula is C13H18ClNO2. The van der Waals surface area contributed by atoms with Crippen LogP contribution < -0.4 is 10.5 Å². The third-order valence-corrected chi connectivity index (χ3v) is 2.79. The largest absolute Gasteiger partial charge is 0.496 e. The molecular weight excluding hydrogens is 238 g/mol. The molecule has 94 valence electrons. The molecule has 1 aromatic carbocycles. The SMILES string of the molecule is COc1c(C)cc(Cl)cc1C(=O)CCC(C)N. The number of halogens is 1. The van der Waals surface area contributed by atoms with E-state index in [1.807, 2.05) is 13.8 Å². The van der Waals surface area contributed by atoms with Gasteiger partial charge >= 0.3 is 0 Å². The van der Waals surface area contributed by atoms with Crippen LogP contribution in [0.5, 0.6) is 5.75 Å². The van der Waals surface area contributed by atoms with Crippen LogP contribution in [-0.2, 0) is 0 Å². The second kappa shape index (κ2) is 6.03. The lowest BCUT2D eigenvalue weighted by Crippen LogP contribution is -2.16. The zero-order chi connectivity index (χ0) is 13.0. The molecule has 0 aliphatic rings. The highest BCUT2D eigenvalue weighted by atomic mass is 35.5. The first kappa shape index (κ1) is 14.0. The third-order valence-electron chi connectivity index (χ3n) is 2.57. The van der Waals surface area contributed by atoms with Gasteiger partial charge in [-0.25, -0.2) is 0 Å². The normalized spacial score (nSPS) is 12.3. The van der Waals surface area contributed by atoms with Crippen LogP contribution in [0.25, 0.3) is 0 Å². The molecule has 4 heteroatoms. The number of rotatable bonds is 5. The van der Waals surface area contributed by atoms with Crippen LogP contribution in [-0.4, -0.2) is 18.9 Å². The number of carbonyl (C=O) groups excluding carboxylic acids is 1. The minimum atomic E-state index is 0.0183. The van der Waals surface area contributed by atoms with Crippen molar-refractivity contribution in [1.29, 1.82) is 0 Å². The van der Waals surface area contributed by atoms with Gasteiger partial charge in [0, 0.05) is 17.5 Å². The fourth-order valence-corrected chi connectivity index (χ4v) is 1.97. The number of carbonyl (C=O) groups is 1. The summed E-state index contributed by atoms with van der Waals surface area (Å²) in [5, 5.41) is 0.549. The monoisotopic (exact) mass is 255 g/mol. The summed E-state index contributed by atoms with van der Waals surface area (Å²) in [5.41, 5.74) is 7.04. The standard InChI is InChI=1S/C13H18ClNO2/c1-8-6-10(14)7-11(13(8)17-3)12(16)5-4-9(2)15/h6-7,9H,4-5,15H2,1-3H3. The second-order valence-electron chi connectivity index (χ2n) is 4.24. The van der Waals surface area contributed by atoms with Crippen LogP contribution in [0, 0.1) is 6.92 Å². The number of Topliss-reactive ketones (excluding diaryl/α,β-unsaturated/α-hetero) is 1. The Morgan fingerprint density at radius 3 is 2.71 bits per heavy atom. The molecule has 0 heterocycles. The van der Waals surface area contributed by atoms with Crippen molar-refractivity contribution in [2.75, 3.05) is 7.11 Å². The predicted molar refractivity (Wildman–Crippen MR) is 70.0 cm³/mol. The molecule has 3 nitrogen and oxygen atoms in total. The van der Waals surface area contributed by atoms with Gasteiger partial charge in [0.2, 0.25) is 0 Å². The molecule has 1 atom stereocenters. The zero-order valence-corrected chi connectivity index (χ0v) is 11.2. The molecule has 0 amide bonds. The Labute approximate surface area is 107 Å². The fourth-order valence-electron chi connectivity index (χ4n) is 1.70. The summed E-state index contributed by atoms with van der Waals surface area (Å²) in [6.45, 7) is 3.75. The lowest BCUT2D eigenvalue weighted by Gasteiger charge is -2.12. The highest BCUT2D eigenvalue weighted by Crippen LogP contribution is 2.28. The summed E-state index contributed by atoms with van der Waals surface area (Å²) in [4.78, 5) is 12.0. The van der Waals surface area contributed by atoms with Crippen molar-refractivity contribution in [3.05, 3.63) is 28.3 Å². The molecule has 0 bridgehead atoms. The first-order chi connectivity index (χ1) is 7.95. The van der Waals surface area contributed by atoms with Gasteiger partial charge in [-0.3, -0.25) is 4.79 Å². The van der Waals surface area contributed by atoms with Crippen LogP contribution in [0.1, 0.15) is 35.7 Å². The lowest BCUT2D eigenvalue weighted by molar-refractivity contribution is 0.0975. The van der Waals surface area contributed by atoms with Crippen LogP contribution in [0.2, 0.25) is 5.02 Å². The van der Waals surface area contributed by atoms with Gasteiger partial charge in [-0.15, -0.1) is 0 Å². The Bertz CT molecular complexity index is 416. The summed E-state index contributed by atoms with van der Waals surface area (Å²) in [6, 6.07) is 3.45. The second-order valence-corrected chi connectivity index (χ2v) is 4.68. The van der Waals surface area contributed by atoms with Gasteiger partial charge in [0.05, 0.1) is 12.7 Å². The van der Waals surface area contributed by atoms with E-state index < -0.39 is 0 Å². The number of aryl methyl sites for hydroxylation is 1. The van der Waals surface area contributed by atoms with Crippen molar-refractivity contribution in [2.45, 2.75) is 32.7 Å². The van der Waals surface area contributed by atoms with Crippen LogP contribution in [0.4, 0.5) is 0 Å². The average Bonchev–Trinajstić information content (AvgIpc) is 2.24. The Morgan fingerprint density at radius 2 is 2.18 bits per heavy atom. The summed E-state index contributed by atoms with van der Waals surface area (Å²) >= 11 is 5.95. The maximum Gasteiger partial charge on any atom is 0.166 e. The molecule has 0 saturated carbocycles. The van der Waals surface area contributed by atoms with Crippen molar-refractivity contribution < 1.29 is 9.53 Å². The Balaban J connectivity index is 2.99. The quantitative estimate of drug-likeness (QED) is 0.823. The first-order valence-electron chi connectivity index (χ1n) is 5.58. The average molecular weight is 256 g/mol. The summed E-state index contributed by atoms with van der Waals surface area (Å²) in [6.07, 6.45) is 1.07. The highest BCUT2D eigenvalue weighted by Gasteiger charge is 2.15. The summed E-state index contributed by atoms with van der Waals surface area (Å²) < 4.78 is 5.25. The molecule has 2 N–H and O–H groups in total. The third kappa shape index (κ3) is 3.72. The van der Waals surface area contributed by atoms with E-state index in [1.165, 1.54) is 0 Å². The number of hydrogen-bond donors (Lipinski definition) is 1. The van der Waals surface area contributed by atoms with E-state index in [-0.39, 0.29) is 11.8 Å². The summed E-state index contributed by atoms with van der Waals surface area (Å²) in [7, 11) is 1.55. The maximum absolute atomic E-state index is 12.0. The Hall–Kier alpha value is -1.06. The fraction of sp³-hybridized carbons (Fsp3) is 0.462. The molecule has 0 fully saturated rings. The maximum atomic E-state index is 12.0. The van der Waals surface area contributed by atoms with Gasteiger partial charge < -0.3 is 10.5 Å². The van der Waals surface area contributed by atoms with Gasteiger partial charge in [0.1, 0.15) is 5.75 Å².